The van der Waals surface area contributed by atoms with Gasteiger partial charge < -0.3 is 4.57 Å². The van der Waals surface area contributed by atoms with Crippen molar-refractivity contribution in [2.24, 2.45) is 0 Å². The van der Waals surface area contributed by atoms with Crippen molar-refractivity contribution in [3.8, 4) is 0 Å². The number of carbonyl (C=O) groups excluding carboxylic acids is 1. The summed E-state index contributed by atoms with van der Waals surface area (Å²) in [7, 11) is 2.03. The fourth-order valence-electron chi connectivity index (χ4n) is 2.41. The van der Waals surface area contributed by atoms with Crippen molar-refractivity contribution < 1.29 is 4.79 Å². The third kappa shape index (κ3) is 3.86. The molecule has 1 aromatic rings. The topological polar surface area (TPSA) is 25.2 Å². The van der Waals surface area contributed by atoms with Crippen molar-refractivity contribution >= 4 is 17.5 Å². The smallest absolute Gasteiger partial charge is 0.178 e. The highest BCUT2D eigenvalue weighted by atomic mass is 32.2. The summed E-state index contributed by atoms with van der Waals surface area (Å²) in [6.07, 6.45) is 2.10. The number of nitrogens with zero attached hydrogens (tertiary/aromatic N) is 2. The molecule has 3 nitrogen and oxygen atoms in total. The summed E-state index contributed by atoms with van der Waals surface area (Å²) in [4.78, 5) is 14.5. The van der Waals surface area contributed by atoms with Crippen molar-refractivity contribution in [1.82, 2.24) is 9.47 Å². The number of ketones is 1. The predicted octanol–water partition coefficient (Wildman–Crippen LogP) is 2.99. The molecule has 108 valence electrons. The van der Waals surface area contributed by atoms with Gasteiger partial charge in [0.1, 0.15) is 0 Å². The lowest BCUT2D eigenvalue weighted by Crippen LogP contribution is -2.35. The Labute approximate surface area is 121 Å². The molecule has 0 saturated carbocycles. The minimum Gasteiger partial charge on any atom is -0.349 e. The average Bonchev–Trinajstić information content (AvgIpc) is 2.64. The normalized spacial score (nSPS) is 13.0. The molecule has 1 unspecified atom stereocenters. The van der Waals surface area contributed by atoms with Crippen LogP contribution in [0, 0.1) is 13.8 Å². The maximum atomic E-state index is 12.4. The van der Waals surface area contributed by atoms with Crippen molar-refractivity contribution in [2.45, 2.75) is 40.3 Å². The van der Waals surface area contributed by atoms with E-state index in [-0.39, 0.29) is 5.78 Å². The van der Waals surface area contributed by atoms with Crippen molar-refractivity contribution in [3.05, 3.63) is 23.0 Å². The van der Waals surface area contributed by atoms with Gasteiger partial charge in [0.15, 0.2) is 5.78 Å². The van der Waals surface area contributed by atoms with Crippen molar-refractivity contribution in [1.29, 1.82) is 0 Å². The van der Waals surface area contributed by atoms with Crippen molar-refractivity contribution in [3.63, 3.8) is 0 Å². The lowest BCUT2D eigenvalue weighted by atomic mass is 10.1. The molecular weight excluding hydrogens is 256 g/mol. The number of aryl methyl sites for hydroxylation is 1. The van der Waals surface area contributed by atoms with E-state index in [1.807, 2.05) is 31.8 Å². The molecule has 1 atom stereocenters. The fourth-order valence-corrected chi connectivity index (χ4v) is 3.14. The first kappa shape index (κ1) is 16.3. The lowest BCUT2D eigenvalue weighted by molar-refractivity contribution is 0.0930. The number of carbonyl (C=O) groups is 1. The van der Waals surface area contributed by atoms with Crippen LogP contribution >= 0.6 is 11.8 Å². The molecule has 0 radical (unpaired) electrons. The molecule has 0 aliphatic rings. The number of hydrogen-bond donors (Lipinski definition) is 0. The Morgan fingerprint density at radius 3 is 2.58 bits per heavy atom. The van der Waals surface area contributed by atoms with Crippen LogP contribution in [0.15, 0.2) is 6.07 Å². The Balaban J connectivity index is 2.79. The van der Waals surface area contributed by atoms with E-state index in [1.54, 1.807) is 0 Å². The minimum absolute atomic E-state index is 0.225. The zero-order valence-electron chi connectivity index (χ0n) is 13.0. The van der Waals surface area contributed by atoms with Gasteiger partial charge in [0.25, 0.3) is 0 Å². The SMILES string of the molecule is CCn1c(C)cc(C(=O)CN(C)C(C)CSC)c1C. The highest BCUT2D eigenvalue weighted by Gasteiger charge is 2.18. The van der Waals surface area contributed by atoms with Crippen LogP contribution in [0.3, 0.4) is 0 Å². The van der Waals surface area contributed by atoms with Crippen LogP contribution < -0.4 is 0 Å². The second-order valence-corrected chi connectivity index (χ2v) is 6.08. The second-order valence-electron chi connectivity index (χ2n) is 5.17. The minimum atomic E-state index is 0.225. The van der Waals surface area contributed by atoms with Crippen LogP contribution in [-0.2, 0) is 6.54 Å². The monoisotopic (exact) mass is 282 g/mol. The zero-order valence-corrected chi connectivity index (χ0v) is 13.8. The summed E-state index contributed by atoms with van der Waals surface area (Å²) in [5.74, 6) is 1.28. The molecule has 0 aromatic carbocycles. The van der Waals surface area contributed by atoms with Gasteiger partial charge in [-0.3, -0.25) is 9.69 Å². The molecule has 1 heterocycles. The molecule has 19 heavy (non-hydrogen) atoms. The third-order valence-corrected chi connectivity index (χ3v) is 4.56. The summed E-state index contributed by atoms with van der Waals surface area (Å²) < 4.78 is 2.19. The molecule has 0 bridgehead atoms. The van der Waals surface area contributed by atoms with Gasteiger partial charge in [0.05, 0.1) is 6.54 Å². The van der Waals surface area contributed by atoms with Crippen LogP contribution in [-0.4, -0.2) is 46.9 Å². The lowest BCUT2D eigenvalue weighted by Gasteiger charge is -2.23. The average molecular weight is 282 g/mol. The van der Waals surface area contributed by atoms with E-state index < -0.39 is 0 Å². The van der Waals surface area contributed by atoms with Crippen LogP contribution in [0.2, 0.25) is 0 Å². The van der Waals surface area contributed by atoms with Crippen LogP contribution in [0.5, 0.6) is 0 Å². The number of hydrogen-bond acceptors (Lipinski definition) is 3. The quantitative estimate of drug-likeness (QED) is 0.719. The van der Waals surface area contributed by atoms with Gasteiger partial charge in [-0.05, 0) is 47.1 Å². The first-order valence-electron chi connectivity index (χ1n) is 6.81. The van der Waals surface area contributed by atoms with Gasteiger partial charge in [-0.2, -0.15) is 11.8 Å². The van der Waals surface area contributed by atoms with Crippen LogP contribution in [0.1, 0.15) is 35.6 Å². The Morgan fingerprint density at radius 1 is 1.47 bits per heavy atom. The number of Topliss-reactive ketones (excluding diaryl/α,β-unsaturated/α-hetero) is 1. The van der Waals surface area contributed by atoms with E-state index in [0.29, 0.717) is 12.6 Å². The van der Waals surface area contributed by atoms with Gasteiger partial charge in [-0.25, -0.2) is 0 Å². The van der Waals surface area contributed by atoms with Gasteiger partial charge in [0.2, 0.25) is 0 Å². The number of aromatic nitrogens is 1. The summed E-state index contributed by atoms with van der Waals surface area (Å²) in [6.45, 7) is 9.79. The molecule has 0 aliphatic carbocycles. The van der Waals surface area contributed by atoms with E-state index in [9.17, 15) is 4.79 Å². The molecule has 1 aromatic heterocycles. The first-order chi connectivity index (χ1) is 8.92. The first-order valence-corrected chi connectivity index (χ1v) is 8.20. The summed E-state index contributed by atoms with van der Waals surface area (Å²) >= 11 is 1.82. The number of likely N-dealkylation sites (N-methyl/N-ethyl adjacent to an activating group) is 1. The molecule has 4 heteroatoms. The Hall–Kier alpha value is -0.740. The summed E-state index contributed by atoms with van der Waals surface area (Å²) in [5, 5.41) is 0. The molecule has 0 amide bonds. The molecule has 0 spiro atoms. The Kier molecular flexibility index (Phi) is 6.14. The van der Waals surface area contributed by atoms with E-state index in [1.165, 1.54) is 5.69 Å². The van der Waals surface area contributed by atoms with Crippen molar-refractivity contribution in [2.75, 3.05) is 25.6 Å². The molecular formula is C15H26N2OS. The summed E-state index contributed by atoms with van der Waals surface area (Å²) in [6, 6.07) is 2.45. The van der Waals surface area contributed by atoms with Crippen LogP contribution in [0.4, 0.5) is 0 Å². The standard InChI is InChI=1S/C15H26N2OS/c1-7-17-11(2)8-14(13(17)4)15(18)9-16(5)12(3)10-19-6/h8,12H,7,9-10H2,1-6H3. The fraction of sp³-hybridized carbons (Fsp3) is 0.667. The number of rotatable bonds is 7. The summed E-state index contributed by atoms with van der Waals surface area (Å²) in [5.41, 5.74) is 3.14. The molecule has 0 saturated heterocycles. The molecule has 0 N–H and O–H groups in total. The number of thioether (sulfide) groups is 1. The van der Waals surface area contributed by atoms with Gasteiger partial charge in [-0.15, -0.1) is 0 Å². The highest BCUT2D eigenvalue weighted by molar-refractivity contribution is 7.98. The largest absolute Gasteiger partial charge is 0.349 e. The van der Waals surface area contributed by atoms with E-state index in [4.69, 9.17) is 0 Å². The maximum Gasteiger partial charge on any atom is 0.178 e. The second kappa shape index (κ2) is 7.15. The highest BCUT2D eigenvalue weighted by Crippen LogP contribution is 2.16. The Morgan fingerprint density at radius 2 is 2.11 bits per heavy atom. The maximum absolute atomic E-state index is 12.4. The molecule has 1 rings (SSSR count). The molecule has 0 fully saturated rings. The van der Waals surface area contributed by atoms with Gasteiger partial charge in [0, 0.05) is 35.3 Å². The van der Waals surface area contributed by atoms with E-state index in [2.05, 4.69) is 36.5 Å². The van der Waals surface area contributed by atoms with E-state index in [0.717, 1.165) is 23.6 Å². The Bertz CT molecular complexity index is 440. The molecule has 0 aliphatic heterocycles. The van der Waals surface area contributed by atoms with Crippen LogP contribution in [0.25, 0.3) is 0 Å². The zero-order chi connectivity index (χ0) is 14.6. The predicted molar refractivity (Wildman–Crippen MR) is 84.4 cm³/mol. The third-order valence-electron chi connectivity index (χ3n) is 3.74. The van der Waals surface area contributed by atoms with E-state index >= 15 is 0 Å². The van der Waals surface area contributed by atoms with Gasteiger partial charge in [-0.1, -0.05) is 0 Å². The van der Waals surface area contributed by atoms with Gasteiger partial charge >= 0.3 is 0 Å².